The first-order valence-corrected chi connectivity index (χ1v) is 4.36. The van der Waals surface area contributed by atoms with Crippen LogP contribution in [0.3, 0.4) is 0 Å². The van der Waals surface area contributed by atoms with E-state index in [1.807, 2.05) is 25.8 Å². The number of carbonyl (C=O) groups excluding carboxylic acids is 1. The van der Waals surface area contributed by atoms with E-state index in [9.17, 15) is 4.79 Å². The Morgan fingerprint density at radius 3 is 2.54 bits per heavy atom. The Kier molecular flexibility index (Phi) is 5.59. The fraction of sp³-hybridized carbons (Fsp3) is 0.556. The summed E-state index contributed by atoms with van der Waals surface area (Å²) in [4.78, 5) is 16.7. The molecule has 0 aliphatic heterocycles. The lowest BCUT2D eigenvalue weighted by Crippen LogP contribution is -2.17. The van der Waals surface area contributed by atoms with Gasteiger partial charge in [0.05, 0.1) is 6.34 Å². The summed E-state index contributed by atoms with van der Waals surface area (Å²) in [6.07, 6.45) is 4.07. The lowest BCUT2D eigenvalue weighted by Gasteiger charge is -2.07. The predicted molar refractivity (Wildman–Crippen MR) is 54.4 cm³/mol. The first-order chi connectivity index (χ1) is 6.11. The fourth-order valence-corrected chi connectivity index (χ4v) is 0.653. The van der Waals surface area contributed by atoms with Gasteiger partial charge in [-0.25, -0.2) is 4.99 Å². The number of primary amides is 1. The van der Waals surface area contributed by atoms with Crippen LogP contribution in [0, 0.1) is 0 Å². The summed E-state index contributed by atoms with van der Waals surface area (Å²) in [5.41, 5.74) is 5.43. The van der Waals surface area contributed by atoms with Crippen molar-refractivity contribution in [2.75, 3.05) is 13.6 Å². The topological polar surface area (TPSA) is 58.7 Å². The monoisotopic (exact) mass is 183 g/mol. The molecule has 0 atom stereocenters. The molecule has 0 radical (unpaired) electrons. The summed E-state index contributed by atoms with van der Waals surface area (Å²) in [5.74, 6) is -0.484. The van der Waals surface area contributed by atoms with E-state index < -0.39 is 5.91 Å². The standard InChI is InChI=1S/C9H17N3O/c1-4-6-8(9(10)13)11-7-12(3)5-2/h6-7H,4-5H2,1-3H3,(H2,10,13)/b8-6+,11-7?. The molecule has 0 aromatic heterocycles. The summed E-state index contributed by atoms with van der Waals surface area (Å²) in [7, 11) is 1.88. The van der Waals surface area contributed by atoms with Crippen LogP contribution < -0.4 is 5.73 Å². The first-order valence-electron chi connectivity index (χ1n) is 4.36. The first kappa shape index (κ1) is 11.7. The van der Waals surface area contributed by atoms with E-state index in [1.165, 1.54) is 0 Å². The van der Waals surface area contributed by atoms with E-state index in [4.69, 9.17) is 5.73 Å². The molecule has 2 N–H and O–H groups in total. The van der Waals surface area contributed by atoms with E-state index in [0.29, 0.717) is 5.70 Å². The summed E-state index contributed by atoms with van der Waals surface area (Å²) >= 11 is 0. The molecule has 0 aliphatic carbocycles. The molecule has 0 aromatic carbocycles. The van der Waals surface area contributed by atoms with Gasteiger partial charge in [0.15, 0.2) is 0 Å². The molecule has 0 aliphatic rings. The molecule has 0 bridgehead atoms. The number of hydrogen-bond donors (Lipinski definition) is 1. The van der Waals surface area contributed by atoms with Crippen LogP contribution in [0.1, 0.15) is 20.3 Å². The third kappa shape index (κ3) is 5.00. The highest BCUT2D eigenvalue weighted by Crippen LogP contribution is 1.96. The van der Waals surface area contributed by atoms with Gasteiger partial charge >= 0.3 is 0 Å². The highest BCUT2D eigenvalue weighted by molar-refractivity contribution is 5.92. The van der Waals surface area contributed by atoms with Gasteiger partial charge in [0.25, 0.3) is 5.91 Å². The van der Waals surface area contributed by atoms with Gasteiger partial charge in [-0.3, -0.25) is 4.79 Å². The van der Waals surface area contributed by atoms with E-state index in [1.54, 1.807) is 12.4 Å². The molecular formula is C9H17N3O. The van der Waals surface area contributed by atoms with Gasteiger partial charge < -0.3 is 10.6 Å². The molecular weight excluding hydrogens is 166 g/mol. The van der Waals surface area contributed by atoms with Crippen LogP contribution in [-0.2, 0) is 4.79 Å². The maximum Gasteiger partial charge on any atom is 0.267 e. The normalized spacial score (nSPS) is 12.1. The van der Waals surface area contributed by atoms with Gasteiger partial charge in [-0.15, -0.1) is 0 Å². The Hall–Kier alpha value is -1.32. The van der Waals surface area contributed by atoms with E-state index in [-0.39, 0.29) is 0 Å². The molecule has 4 nitrogen and oxygen atoms in total. The molecule has 0 aromatic rings. The van der Waals surface area contributed by atoms with Crippen molar-refractivity contribution >= 4 is 12.2 Å². The number of carbonyl (C=O) groups is 1. The minimum absolute atomic E-state index is 0.322. The number of allylic oxidation sites excluding steroid dienone is 1. The minimum atomic E-state index is -0.484. The van der Waals surface area contributed by atoms with Crippen molar-refractivity contribution in [3.05, 3.63) is 11.8 Å². The number of nitrogens with zero attached hydrogens (tertiary/aromatic N) is 2. The summed E-state index contributed by atoms with van der Waals surface area (Å²) in [5, 5.41) is 0. The quantitative estimate of drug-likeness (QED) is 0.388. The van der Waals surface area contributed by atoms with Crippen LogP contribution in [0.4, 0.5) is 0 Å². The van der Waals surface area contributed by atoms with E-state index >= 15 is 0 Å². The average molecular weight is 183 g/mol. The van der Waals surface area contributed by atoms with Gasteiger partial charge in [-0.1, -0.05) is 13.0 Å². The van der Waals surface area contributed by atoms with Gasteiger partial charge in [0, 0.05) is 13.6 Å². The highest BCUT2D eigenvalue weighted by atomic mass is 16.1. The second kappa shape index (κ2) is 6.22. The van der Waals surface area contributed by atoms with Crippen molar-refractivity contribution < 1.29 is 4.79 Å². The lowest BCUT2D eigenvalue weighted by molar-refractivity contribution is -0.114. The number of rotatable bonds is 5. The van der Waals surface area contributed by atoms with Crippen LogP contribution in [0.2, 0.25) is 0 Å². The third-order valence-electron chi connectivity index (χ3n) is 1.54. The van der Waals surface area contributed by atoms with Crippen LogP contribution in [-0.4, -0.2) is 30.7 Å². The molecule has 74 valence electrons. The van der Waals surface area contributed by atoms with Crippen molar-refractivity contribution in [3.8, 4) is 0 Å². The maximum atomic E-state index is 10.8. The van der Waals surface area contributed by atoms with Gasteiger partial charge in [0.2, 0.25) is 0 Å². The Morgan fingerprint density at radius 2 is 2.15 bits per heavy atom. The number of aliphatic imine (C=N–C) groups is 1. The Balaban J connectivity index is 4.35. The predicted octanol–water partition coefficient (Wildman–Crippen LogP) is 0.746. The van der Waals surface area contributed by atoms with E-state index in [2.05, 4.69) is 4.99 Å². The Morgan fingerprint density at radius 1 is 1.54 bits per heavy atom. The molecule has 0 saturated heterocycles. The summed E-state index contributed by atoms with van der Waals surface area (Å²) < 4.78 is 0. The number of amides is 1. The van der Waals surface area contributed by atoms with Crippen molar-refractivity contribution in [2.45, 2.75) is 20.3 Å². The van der Waals surface area contributed by atoms with Crippen molar-refractivity contribution in [1.82, 2.24) is 4.90 Å². The van der Waals surface area contributed by atoms with Gasteiger partial charge in [-0.05, 0) is 13.3 Å². The zero-order chi connectivity index (χ0) is 10.3. The minimum Gasteiger partial charge on any atom is -0.366 e. The Labute approximate surface area is 79.1 Å². The zero-order valence-electron chi connectivity index (χ0n) is 8.45. The molecule has 4 heteroatoms. The largest absolute Gasteiger partial charge is 0.366 e. The van der Waals surface area contributed by atoms with Crippen LogP contribution in [0.25, 0.3) is 0 Å². The van der Waals surface area contributed by atoms with Gasteiger partial charge in [-0.2, -0.15) is 0 Å². The van der Waals surface area contributed by atoms with Crippen molar-refractivity contribution in [2.24, 2.45) is 10.7 Å². The Bertz CT molecular complexity index is 221. The molecule has 1 amide bonds. The molecule has 13 heavy (non-hydrogen) atoms. The molecule has 0 fully saturated rings. The molecule has 0 unspecified atom stereocenters. The second-order valence-electron chi connectivity index (χ2n) is 2.68. The van der Waals surface area contributed by atoms with Crippen LogP contribution >= 0.6 is 0 Å². The van der Waals surface area contributed by atoms with Gasteiger partial charge in [0.1, 0.15) is 5.70 Å². The third-order valence-corrected chi connectivity index (χ3v) is 1.54. The smallest absolute Gasteiger partial charge is 0.267 e. The number of nitrogens with two attached hydrogens (primary N) is 1. The maximum absolute atomic E-state index is 10.8. The lowest BCUT2D eigenvalue weighted by atomic mass is 10.3. The zero-order valence-corrected chi connectivity index (χ0v) is 8.45. The molecule has 0 rings (SSSR count). The summed E-state index contributed by atoms with van der Waals surface area (Å²) in [6, 6.07) is 0. The molecule has 0 spiro atoms. The second-order valence-corrected chi connectivity index (χ2v) is 2.68. The van der Waals surface area contributed by atoms with Crippen molar-refractivity contribution in [3.63, 3.8) is 0 Å². The van der Waals surface area contributed by atoms with E-state index in [0.717, 1.165) is 13.0 Å². The average Bonchev–Trinajstić information content (AvgIpc) is 2.11. The number of hydrogen-bond acceptors (Lipinski definition) is 2. The molecule has 0 saturated carbocycles. The van der Waals surface area contributed by atoms with Crippen LogP contribution in [0.5, 0.6) is 0 Å². The SMILES string of the molecule is CC/C=C(/N=CN(C)CC)C(N)=O. The molecule has 0 heterocycles. The highest BCUT2D eigenvalue weighted by Gasteiger charge is 1.99. The van der Waals surface area contributed by atoms with Crippen molar-refractivity contribution in [1.29, 1.82) is 0 Å². The fourth-order valence-electron chi connectivity index (χ4n) is 0.653. The summed E-state index contributed by atoms with van der Waals surface area (Å²) in [6.45, 7) is 4.78. The van der Waals surface area contributed by atoms with Crippen LogP contribution in [0.15, 0.2) is 16.8 Å².